The SMILES string of the molecule is CCCNc1nc(OCCC(F)(F)F)nc(N(C)C)n1. The van der Waals surface area contributed by atoms with Gasteiger partial charge in [0.2, 0.25) is 11.9 Å². The summed E-state index contributed by atoms with van der Waals surface area (Å²) in [6.07, 6.45) is -4.44. The molecule has 1 heterocycles. The molecule has 20 heavy (non-hydrogen) atoms. The van der Waals surface area contributed by atoms with Crippen LogP contribution in [0.1, 0.15) is 19.8 Å². The number of alkyl halides is 3. The molecule has 0 radical (unpaired) electrons. The first-order valence-electron chi connectivity index (χ1n) is 6.18. The molecule has 0 amide bonds. The van der Waals surface area contributed by atoms with Gasteiger partial charge in [0.05, 0.1) is 6.42 Å². The highest BCUT2D eigenvalue weighted by Gasteiger charge is 2.27. The summed E-state index contributed by atoms with van der Waals surface area (Å²) in [5.41, 5.74) is 0. The highest BCUT2D eigenvalue weighted by Crippen LogP contribution is 2.20. The van der Waals surface area contributed by atoms with Crippen molar-refractivity contribution in [1.29, 1.82) is 0 Å². The lowest BCUT2D eigenvalue weighted by atomic mass is 10.4. The molecule has 0 aliphatic heterocycles. The van der Waals surface area contributed by atoms with Crippen LogP contribution in [-0.4, -0.2) is 48.4 Å². The quantitative estimate of drug-likeness (QED) is 0.830. The van der Waals surface area contributed by atoms with Crippen molar-refractivity contribution in [2.24, 2.45) is 0 Å². The zero-order chi connectivity index (χ0) is 15.2. The molecular formula is C11H18F3N5O. The number of rotatable bonds is 7. The van der Waals surface area contributed by atoms with Crippen LogP contribution >= 0.6 is 0 Å². The first-order chi connectivity index (χ1) is 9.31. The molecule has 0 aliphatic carbocycles. The number of hydrogen-bond donors (Lipinski definition) is 1. The van der Waals surface area contributed by atoms with Gasteiger partial charge in [-0.05, 0) is 6.42 Å². The second-order valence-electron chi connectivity index (χ2n) is 4.28. The first-order valence-corrected chi connectivity index (χ1v) is 6.18. The Balaban J connectivity index is 2.75. The third kappa shape index (κ3) is 5.89. The second-order valence-corrected chi connectivity index (χ2v) is 4.28. The molecule has 1 rings (SSSR count). The van der Waals surface area contributed by atoms with Crippen molar-refractivity contribution < 1.29 is 17.9 Å². The van der Waals surface area contributed by atoms with E-state index in [1.807, 2.05) is 6.92 Å². The van der Waals surface area contributed by atoms with Crippen molar-refractivity contribution >= 4 is 11.9 Å². The number of nitrogens with zero attached hydrogens (tertiary/aromatic N) is 4. The topological polar surface area (TPSA) is 63.2 Å². The van der Waals surface area contributed by atoms with Crippen LogP contribution in [0.25, 0.3) is 0 Å². The Bertz CT molecular complexity index is 425. The average molecular weight is 293 g/mol. The summed E-state index contributed by atoms with van der Waals surface area (Å²) in [6, 6.07) is -0.119. The summed E-state index contributed by atoms with van der Waals surface area (Å²) in [7, 11) is 3.44. The smallest absolute Gasteiger partial charge is 0.392 e. The van der Waals surface area contributed by atoms with E-state index in [4.69, 9.17) is 4.74 Å². The molecule has 0 spiro atoms. The van der Waals surface area contributed by atoms with Crippen molar-refractivity contribution in [3.63, 3.8) is 0 Å². The number of halogens is 3. The monoisotopic (exact) mass is 293 g/mol. The fourth-order valence-electron chi connectivity index (χ4n) is 1.18. The van der Waals surface area contributed by atoms with E-state index in [-0.39, 0.29) is 12.0 Å². The summed E-state index contributed by atoms with van der Waals surface area (Å²) in [4.78, 5) is 13.6. The van der Waals surface area contributed by atoms with Gasteiger partial charge in [-0.3, -0.25) is 0 Å². The van der Waals surface area contributed by atoms with Gasteiger partial charge in [0.15, 0.2) is 0 Å². The molecule has 0 atom stereocenters. The second kappa shape index (κ2) is 7.11. The Morgan fingerprint density at radius 2 is 1.90 bits per heavy atom. The predicted molar refractivity (Wildman–Crippen MR) is 69.1 cm³/mol. The fourth-order valence-corrected chi connectivity index (χ4v) is 1.18. The molecule has 0 bridgehead atoms. The minimum absolute atomic E-state index is 0.119. The van der Waals surface area contributed by atoms with E-state index >= 15 is 0 Å². The molecule has 0 aromatic carbocycles. The van der Waals surface area contributed by atoms with E-state index in [1.165, 1.54) is 0 Å². The van der Waals surface area contributed by atoms with Crippen molar-refractivity contribution in [1.82, 2.24) is 15.0 Å². The maximum absolute atomic E-state index is 12.1. The van der Waals surface area contributed by atoms with Crippen molar-refractivity contribution in [2.45, 2.75) is 25.9 Å². The van der Waals surface area contributed by atoms with E-state index in [9.17, 15) is 13.2 Å². The largest absolute Gasteiger partial charge is 0.463 e. The first kappa shape index (κ1) is 16.3. The van der Waals surface area contributed by atoms with Gasteiger partial charge in [0.1, 0.15) is 6.61 Å². The minimum atomic E-state index is -4.26. The summed E-state index contributed by atoms with van der Waals surface area (Å²) < 4.78 is 41.1. The summed E-state index contributed by atoms with van der Waals surface area (Å²) in [5.74, 6) is 0.605. The van der Waals surface area contributed by atoms with E-state index < -0.39 is 19.2 Å². The highest BCUT2D eigenvalue weighted by molar-refractivity contribution is 5.36. The van der Waals surface area contributed by atoms with Crippen LogP contribution in [0.3, 0.4) is 0 Å². The maximum atomic E-state index is 12.1. The summed E-state index contributed by atoms with van der Waals surface area (Å²) >= 11 is 0. The molecule has 114 valence electrons. The Labute approximate surface area is 115 Å². The Hall–Kier alpha value is -1.80. The molecular weight excluding hydrogens is 275 g/mol. The van der Waals surface area contributed by atoms with Crippen LogP contribution in [0.15, 0.2) is 0 Å². The molecule has 0 saturated carbocycles. The number of aromatic nitrogens is 3. The molecule has 6 nitrogen and oxygen atoms in total. The van der Waals surface area contributed by atoms with Crippen LogP contribution < -0.4 is 15.0 Å². The van der Waals surface area contributed by atoms with Gasteiger partial charge in [0, 0.05) is 20.6 Å². The van der Waals surface area contributed by atoms with Gasteiger partial charge in [-0.1, -0.05) is 6.92 Å². The lowest BCUT2D eigenvalue weighted by Gasteiger charge is -2.13. The lowest BCUT2D eigenvalue weighted by Crippen LogP contribution is -2.18. The molecule has 0 fully saturated rings. The highest BCUT2D eigenvalue weighted by atomic mass is 19.4. The zero-order valence-electron chi connectivity index (χ0n) is 11.7. The molecule has 1 aromatic rings. The number of ether oxygens (including phenoxy) is 1. The molecule has 1 N–H and O–H groups in total. The van der Waals surface area contributed by atoms with E-state index in [0.717, 1.165) is 6.42 Å². The van der Waals surface area contributed by atoms with Crippen molar-refractivity contribution in [3.05, 3.63) is 0 Å². The van der Waals surface area contributed by atoms with Crippen LogP contribution in [-0.2, 0) is 0 Å². The third-order valence-electron chi connectivity index (χ3n) is 2.15. The minimum Gasteiger partial charge on any atom is -0.463 e. The fraction of sp³-hybridized carbons (Fsp3) is 0.727. The Morgan fingerprint density at radius 1 is 1.20 bits per heavy atom. The zero-order valence-corrected chi connectivity index (χ0v) is 11.7. The van der Waals surface area contributed by atoms with E-state index in [2.05, 4.69) is 20.3 Å². The van der Waals surface area contributed by atoms with Gasteiger partial charge in [-0.25, -0.2) is 0 Å². The van der Waals surface area contributed by atoms with Crippen molar-refractivity contribution in [3.8, 4) is 6.01 Å². The molecule has 0 aliphatic rings. The van der Waals surface area contributed by atoms with E-state index in [0.29, 0.717) is 12.5 Å². The van der Waals surface area contributed by atoms with Gasteiger partial charge in [-0.15, -0.1) is 0 Å². The third-order valence-corrected chi connectivity index (χ3v) is 2.15. The molecule has 1 aromatic heterocycles. The standard InChI is InChI=1S/C11H18F3N5O/c1-4-6-15-8-16-9(19(2)3)18-10(17-8)20-7-5-11(12,13)14/h4-7H2,1-3H3,(H,15,16,17,18). The normalized spacial score (nSPS) is 11.3. The van der Waals surface area contributed by atoms with Crippen LogP contribution in [0, 0.1) is 0 Å². The van der Waals surface area contributed by atoms with Gasteiger partial charge in [0.25, 0.3) is 0 Å². The Kier molecular flexibility index (Phi) is 5.78. The van der Waals surface area contributed by atoms with Gasteiger partial charge < -0.3 is 15.0 Å². The molecule has 0 unspecified atom stereocenters. The van der Waals surface area contributed by atoms with Gasteiger partial charge in [-0.2, -0.15) is 28.1 Å². The van der Waals surface area contributed by atoms with Crippen molar-refractivity contribution in [2.75, 3.05) is 37.5 Å². The molecule has 9 heteroatoms. The van der Waals surface area contributed by atoms with Crippen LogP contribution in [0.4, 0.5) is 25.1 Å². The van der Waals surface area contributed by atoms with Crippen LogP contribution in [0.5, 0.6) is 6.01 Å². The number of anilines is 2. The summed E-state index contributed by atoms with van der Waals surface area (Å²) in [6.45, 7) is 2.11. The lowest BCUT2D eigenvalue weighted by molar-refractivity contribution is -0.139. The average Bonchev–Trinajstić information content (AvgIpc) is 2.34. The maximum Gasteiger partial charge on any atom is 0.392 e. The Morgan fingerprint density at radius 3 is 2.45 bits per heavy atom. The number of hydrogen-bond acceptors (Lipinski definition) is 6. The summed E-state index contributed by atoms with van der Waals surface area (Å²) in [5, 5.41) is 2.95. The van der Waals surface area contributed by atoms with E-state index in [1.54, 1.807) is 19.0 Å². The van der Waals surface area contributed by atoms with Crippen LogP contribution in [0.2, 0.25) is 0 Å². The molecule has 0 saturated heterocycles. The number of nitrogens with one attached hydrogen (secondary N) is 1. The predicted octanol–water partition coefficient (Wildman–Crippen LogP) is 2.09. The van der Waals surface area contributed by atoms with Gasteiger partial charge >= 0.3 is 12.2 Å².